The van der Waals surface area contributed by atoms with Gasteiger partial charge < -0.3 is 4.57 Å². The Morgan fingerprint density at radius 3 is 1.93 bits per heavy atom. The van der Waals surface area contributed by atoms with Crippen LogP contribution >= 0.6 is 23.2 Å². The van der Waals surface area contributed by atoms with Crippen LogP contribution in [-0.2, 0) is 6.54 Å². The fourth-order valence-electron chi connectivity index (χ4n) is 0.903. The first-order chi connectivity index (χ1) is 7.22. The summed E-state index contributed by atoms with van der Waals surface area (Å²) in [6, 6.07) is 7.02. The summed E-state index contributed by atoms with van der Waals surface area (Å²) >= 11 is 11.1. The molecule has 0 saturated heterocycles. The van der Waals surface area contributed by atoms with Gasteiger partial charge in [0.1, 0.15) is 0 Å². The zero-order valence-corrected chi connectivity index (χ0v) is 9.91. The van der Waals surface area contributed by atoms with Gasteiger partial charge in [-0.05, 0) is 31.2 Å². The summed E-state index contributed by atoms with van der Waals surface area (Å²) in [7, 11) is 0. The number of imidazole rings is 1. The van der Waals surface area contributed by atoms with E-state index >= 15 is 0 Å². The molecule has 0 aliphatic carbocycles. The number of halogens is 2. The Morgan fingerprint density at radius 1 is 1.13 bits per heavy atom. The van der Waals surface area contributed by atoms with Crippen molar-refractivity contribution in [3.05, 3.63) is 53.0 Å². The van der Waals surface area contributed by atoms with Crippen LogP contribution in [0.1, 0.15) is 6.92 Å². The monoisotopic (exact) mass is 242 g/mol. The van der Waals surface area contributed by atoms with Crippen molar-refractivity contribution in [2.45, 2.75) is 13.5 Å². The topological polar surface area (TPSA) is 17.8 Å². The minimum Gasteiger partial charge on any atom is -0.338 e. The molecule has 1 heterocycles. The lowest BCUT2D eigenvalue weighted by atomic mass is 10.4. The zero-order chi connectivity index (χ0) is 11.1. The van der Waals surface area contributed by atoms with E-state index in [9.17, 15) is 0 Å². The molecular formula is C11H12Cl2N2. The zero-order valence-electron chi connectivity index (χ0n) is 8.40. The number of aromatic nitrogens is 2. The molecule has 2 nitrogen and oxygen atoms in total. The first kappa shape index (κ1) is 12.1. The molecule has 0 radical (unpaired) electrons. The van der Waals surface area contributed by atoms with Crippen molar-refractivity contribution in [2.24, 2.45) is 0 Å². The van der Waals surface area contributed by atoms with Crippen molar-refractivity contribution in [3.63, 3.8) is 0 Å². The first-order valence-electron chi connectivity index (χ1n) is 4.59. The predicted molar refractivity (Wildman–Crippen MR) is 64.4 cm³/mol. The molecule has 0 amide bonds. The van der Waals surface area contributed by atoms with Gasteiger partial charge in [-0.2, -0.15) is 0 Å². The van der Waals surface area contributed by atoms with Crippen LogP contribution in [0.3, 0.4) is 0 Å². The molecule has 0 aliphatic heterocycles. The normalized spacial score (nSPS) is 9.27. The van der Waals surface area contributed by atoms with Crippen LogP contribution in [0.25, 0.3) is 0 Å². The van der Waals surface area contributed by atoms with Gasteiger partial charge in [-0.1, -0.05) is 23.2 Å². The van der Waals surface area contributed by atoms with Gasteiger partial charge in [-0.3, -0.25) is 0 Å². The van der Waals surface area contributed by atoms with Crippen LogP contribution in [0.5, 0.6) is 0 Å². The molecule has 0 unspecified atom stereocenters. The van der Waals surface area contributed by atoms with Crippen LogP contribution < -0.4 is 0 Å². The number of nitrogens with zero attached hydrogens (tertiary/aromatic N) is 2. The van der Waals surface area contributed by atoms with Gasteiger partial charge in [-0.25, -0.2) is 4.98 Å². The minimum atomic E-state index is 0.717. The SMILES string of the molecule is CCn1ccnc1.Clc1ccc(Cl)cc1. The molecule has 0 bridgehead atoms. The van der Waals surface area contributed by atoms with E-state index in [0.29, 0.717) is 0 Å². The van der Waals surface area contributed by atoms with Crippen LogP contribution in [0, 0.1) is 0 Å². The van der Waals surface area contributed by atoms with E-state index in [2.05, 4.69) is 11.9 Å². The molecule has 0 spiro atoms. The van der Waals surface area contributed by atoms with Gasteiger partial charge >= 0.3 is 0 Å². The summed E-state index contributed by atoms with van der Waals surface area (Å²) in [5.74, 6) is 0. The fraction of sp³-hybridized carbons (Fsp3) is 0.182. The average Bonchev–Trinajstić information content (AvgIpc) is 2.76. The molecule has 2 aromatic rings. The molecule has 15 heavy (non-hydrogen) atoms. The maximum atomic E-state index is 5.55. The Balaban J connectivity index is 0.000000151. The summed E-state index contributed by atoms with van der Waals surface area (Å²) in [5, 5.41) is 1.43. The highest BCUT2D eigenvalue weighted by Crippen LogP contribution is 2.12. The van der Waals surface area contributed by atoms with E-state index in [-0.39, 0.29) is 0 Å². The van der Waals surface area contributed by atoms with Gasteiger partial charge in [-0.15, -0.1) is 0 Å². The van der Waals surface area contributed by atoms with E-state index < -0.39 is 0 Å². The van der Waals surface area contributed by atoms with E-state index in [0.717, 1.165) is 16.6 Å². The molecule has 4 heteroatoms. The van der Waals surface area contributed by atoms with Crippen LogP contribution in [-0.4, -0.2) is 9.55 Å². The third-order valence-electron chi connectivity index (χ3n) is 1.73. The van der Waals surface area contributed by atoms with E-state index in [1.165, 1.54) is 0 Å². The van der Waals surface area contributed by atoms with E-state index in [1.807, 2.05) is 10.8 Å². The van der Waals surface area contributed by atoms with Crippen molar-refractivity contribution >= 4 is 23.2 Å². The van der Waals surface area contributed by atoms with Gasteiger partial charge in [0.25, 0.3) is 0 Å². The predicted octanol–water partition coefficient (Wildman–Crippen LogP) is 3.90. The standard InChI is InChI=1S/C6H4Cl2.C5H8N2/c7-5-1-2-6(8)4-3-5;1-2-7-4-3-6-5-7/h1-4H;3-5H,2H2,1H3. The van der Waals surface area contributed by atoms with Crippen LogP contribution in [0.15, 0.2) is 43.0 Å². The molecule has 1 aromatic carbocycles. The molecule has 0 atom stereocenters. The lowest BCUT2D eigenvalue weighted by molar-refractivity contribution is 0.761. The Kier molecular flexibility index (Phi) is 5.22. The summed E-state index contributed by atoms with van der Waals surface area (Å²) in [4.78, 5) is 3.86. The highest BCUT2D eigenvalue weighted by Gasteiger charge is 1.83. The second kappa shape index (κ2) is 6.49. The van der Waals surface area contributed by atoms with Crippen molar-refractivity contribution < 1.29 is 0 Å². The molecule has 0 aliphatic rings. The molecule has 0 saturated carbocycles. The summed E-state index contributed by atoms with van der Waals surface area (Å²) < 4.78 is 2.01. The Labute approximate surface area is 99.5 Å². The Morgan fingerprint density at radius 2 is 1.67 bits per heavy atom. The number of hydrogen-bond acceptors (Lipinski definition) is 1. The Hall–Kier alpha value is -0.990. The third-order valence-corrected chi connectivity index (χ3v) is 2.23. The highest BCUT2D eigenvalue weighted by molar-refractivity contribution is 6.32. The molecule has 80 valence electrons. The minimum absolute atomic E-state index is 0.717. The maximum absolute atomic E-state index is 5.55. The number of hydrogen-bond donors (Lipinski definition) is 0. The average molecular weight is 243 g/mol. The second-order valence-electron chi connectivity index (χ2n) is 2.83. The van der Waals surface area contributed by atoms with Gasteiger partial charge in [0, 0.05) is 29.0 Å². The van der Waals surface area contributed by atoms with Crippen LogP contribution in [0.4, 0.5) is 0 Å². The van der Waals surface area contributed by atoms with E-state index in [1.54, 1.807) is 36.8 Å². The molecule has 2 rings (SSSR count). The molecular weight excluding hydrogens is 231 g/mol. The summed E-state index contributed by atoms with van der Waals surface area (Å²) in [5.41, 5.74) is 0. The molecule has 0 N–H and O–H groups in total. The van der Waals surface area contributed by atoms with Gasteiger partial charge in [0.2, 0.25) is 0 Å². The number of rotatable bonds is 1. The van der Waals surface area contributed by atoms with Crippen molar-refractivity contribution in [1.29, 1.82) is 0 Å². The Bertz CT molecular complexity index is 347. The largest absolute Gasteiger partial charge is 0.338 e. The smallest absolute Gasteiger partial charge is 0.0945 e. The van der Waals surface area contributed by atoms with Gasteiger partial charge in [0.15, 0.2) is 0 Å². The van der Waals surface area contributed by atoms with Crippen molar-refractivity contribution in [2.75, 3.05) is 0 Å². The van der Waals surface area contributed by atoms with Crippen LogP contribution in [0.2, 0.25) is 10.0 Å². The third kappa shape index (κ3) is 4.86. The highest BCUT2D eigenvalue weighted by atomic mass is 35.5. The van der Waals surface area contributed by atoms with Gasteiger partial charge in [0.05, 0.1) is 6.33 Å². The molecule has 1 aromatic heterocycles. The van der Waals surface area contributed by atoms with Crippen molar-refractivity contribution in [3.8, 4) is 0 Å². The second-order valence-corrected chi connectivity index (χ2v) is 3.70. The first-order valence-corrected chi connectivity index (χ1v) is 5.34. The maximum Gasteiger partial charge on any atom is 0.0945 e. The fourth-order valence-corrected chi connectivity index (χ4v) is 1.16. The lowest BCUT2D eigenvalue weighted by Gasteiger charge is -1.87. The summed E-state index contributed by atoms with van der Waals surface area (Å²) in [6.07, 6.45) is 5.53. The number of benzene rings is 1. The quantitative estimate of drug-likeness (QED) is 0.742. The summed E-state index contributed by atoms with van der Waals surface area (Å²) in [6.45, 7) is 3.10. The lowest BCUT2D eigenvalue weighted by Crippen LogP contribution is -1.85. The number of aryl methyl sites for hydroxylation is 1. The van der Waals surface area contributed by atoms with Crippen molar-refractivity contribution in [1.82, 2.24) is 9.55 Å². The molecule has 0 fully saturated rings. The van der Waals surface area contributed by atoms with E-state index in [4.69, 9.17) is 23.2 Å².